The molecule has 1 saturated carbocycles. The van der Waals surface area contributed by atoms with Crippen LogP contribution in [0.2, 0.25) is 0 Å². The third-order valence-electron chi connectivity index (χ3n) is 6.19. The first kappa shape index (κ1) is 15.6. The summed E-state index contributed by atoms with van der Waals surface area (Å²) in [5.41, 5.74) is 0. The maximum Gasteiger partial charge on any atom is 0.227 e. The van der Waals surface area contributed by atoms with E-state index in [0.29, 0.717) is 11.9 Å². The molecule has 0 N–H and O–H groups in total. The van der Waals surface area contributed by atoms with E-state index in [1.807, 2.05) is 6.92 Å². The van der Waals surface area contributed by atoms with Crippen molar-refractivity contribution in [3.8, 4) is 0 Å². The summed E-state index contributed by atoms with van der Waals surface area (Å²) in [7, 11) is 0. The molecule has 6 heteroatoms. The van der Waals surface area contributed by atoms with E-state index in [-0.39, 0.29) is 5.92 Å². The van der Waals surface area contributed by atoms with Crippen molar-refractivity contribution in [2.24, 2.45) is 11.8 Å². The lowest BCUT2D eigenvalue weighted by Crippen LogP contribution is -2.50. The SMILES string of the molecule is Cc1nc(N2C[C@H]3CC[C@@H](C2)N(CC2CCC2)C3=O)c2ccsc2n1. The third-order valence-corrected chi connectivity index (χ3v) is 7.00. The van der Waals surface area contributed by atoms with Crippen LogP contribution in [0, 0.1) is 18.8 Å². The van der Waals surface area contributed by atoms with Gasteiger partial charge in [0.15, 0.2) is 0 Å². The molecule has 3 aliphatic heterocycles. The minimum absolute atomic E-state index is 0.128. The molecule has 2 atom stereocenters. The van der Waals surface area contributed by atoms with Crippen molar-refractivity contribution in [2.75, 3.05) is 24.5 Å². The zero-order chi connectivity index (χ0) is 17.0. The molecule has 2 aromatic heterocycles. The first-order chi connectivity index (χ1) is 12.2. The van der Waals surface area contributed by atoms with Crippen molar-refractivity contribution < 1.29 is 4.79 Å². The largest absolute Gasteiger partial charge is 0.353 e. The van der Waals surface area contributed by atoms with Crippen molar-refractivity contribution in [2.45, 2.75) is 45.1 Å². The van der Waals surface area contributed by atoms with Gasteiger partial charge in [0, 0.05) is 25.7 Å². The number of hydrogen-bond acceptors (Lipinski definition) is 5. The van der Waals surface area contributed by atoms with Gasteiger partial charge in [0.1, 0.15) is 16.5 Å². The molecule has 0 radical (unpaired) electrons. The summed E-state index contributed by atoms with van der Waals surface area (Å²) in [5, 5.41) is 3.22. The predicted octanol–water partition coefficient (Wildman–Crippen LogP) is 3.23. The Kier molecular flexibility index (Phi) is 3.69. The Morgan fingerprint density at radius 2 is 2.08 bits per heavy atom. The molecule has 4 aliphatic rings. The normalized spacial score (nSPS) is 27.0. The van der Waals surface area contributed by atoms with Crippen LogP contribution < -0.4 is 4.90 Å². The minimum atomic E-state index is 0.128. The van der Waals surface area contributed by atoms with E-state index in [2.05, 4.69) is 26.2 Å². The zero-order valence-corrected chi connectivity index (χ0v) is 15.5. The summed E-state index contributed by atoms with van der Waals surface area (Å²) in [6, 6.07) is 2.46. The molecule has 25 heavy (non-hydrogen) atoms. The van der Waals surface area contributed by atoms with Gasteiger partial charge >= 0.3 is 0 Å². The lowest BCUT2D eigenvalue weighted by Gasteiger charge is -2.40. The molecule has 5 nitrogen and oxygen atoms in total. The van der Waals surface area contributed by atoms with E-state index in [1.54, 1.807) is 11.3 Å². The summed E-state index contributed by atoms with van der Waals surface area (Å²) >= 11 is 1.67. The second-order valence-electron chi connectivity index (χ2n) is 7.85. The van der Waals surface area contributed by atoms with Gasteiger partial charge in [-0.3, -0.25) is 4.79 Å². The van der Waals surface area contributed by atoms with Gasteiger partial charge in [-0.15, -0.1) is 11.3 Å². The fourth-order valence-electron chi connectivity index (χ4n) is 4.59. The average Bonchev–Trinajstić information content (AvgIpc) is 2.85. The van der Waals surface area contributed by atoms with E-state index >= 15 is 0 Å². The number of piperidine rings is 1. The van der Waals surface area contributed by atoms with Crippen LogP contribution in [-0.4, -0.2) is 46.5 Å². The molecular weight excluding hydrogens is 332 g/mol. The average molecular weight is 356 g/mol. The van der Waals surface area contributed by atoms with Crippen LogP contribution in [-0.2, 0) is 4.79 Å². The number of hydrogen-bond donors (Lipinski definition) is 0. The summed E-state index contributed by atoms with van der Waals surface area (Å²) in [5.74, 6) is 3.10. The Morgan fingerprint density at radius 3 is 2.88 bits per heavy atom. The number of carbonyl (C=O) groups excluding carboxylic acids is 1. The van der Waals surface area contributed by atoms with Gasteiger partial charge in [-0.2, -0.15) is 0 Å². The number of thiophene rings is 1. The molecule has 1 aliphatic carbocycles. The number of fused-ring (bicyclic) bond motifs is 5. The van der Waals surface area contributed by atoms with Crippen LogP contribution in [0.15, 0.2) is 11.4 Å². The molecule has 4 fully saturated rings. The number of amides is 1. The highest BCUT2D eigenvalue weighted by Crippen LogP contribution is 2.36. The molecule has 2 aromatic rings. The van der Waals surface area contributed by atoms with E-state index in [4.69, 9.17) is 4.98 Å². The first-order valence-corrected chi connectivity index (χ1v) is 10.3. The lowest BCUT2D eigenvalue weighted by atomic mass is 9.83. The highest BCUT2D eigenvalue weighted by molar-refractivity contribution is 7.16. The van der Waals surface area contributed by atoms with Crippen molar-refractivity contribution >= 4 is 33.3 Å². The summed E-state index contributed by atoms with van der Waals surface area (Å²) in [4.78, 5) is 28.0. The standard InChI is InChI=1S/C19H24N4OS/c1-12-20-17(16-7-8-25-18(16)21-12)22-10-14-5-6-15(11-22)23(19(14)24)9-13-3-2-4-13/h7-8,13-15H,2-6,9-11H2,1H3/t14-,15+/m1/s1. The maximum atomic E-state index is 13.0. The number of aromatic nitrogens is 2. The number of anilines is 1. The van der Waals surface area contributed by atoms with Gasteiger partial charge < -0.3 is 9.80 Å². The van der Waals surface area contributed by atoms with E-state index in [0.717, 1.165) is 60.3 Å². The second-order valence-corrected chi connectivity index (χ2v) is 8.75. The fourth-order valence-corrected chi connectivity index (χ4v) is 5.40. The van der Waals surface area contributed by atoms with Gasteiger partial charge in [-0.1, -0.05) is 6.42 Å². The van der Waals surface area contributed by atoms with Crippen LogP contribution in [0.1, 0.15) is 37.9 Å². The molecule has 3 saturated heterocycles. The van der Waals surface area contributed by atoms with Crippen LogP contribution >= 0.6 is 11.3 Å². The molecule has 5 heterocycles. The number of rotatable bonds is 3. The number of carbonyl (C=O) groups is 1. The minimum Gasteiger partial charge on any atom is -0.353 e. The van der Waals surface area contributed by atoms with Gasteiger partial charge in [-0.25, -0.2) is 9.97 Å². The van der Waals surface area contributed by atoms with Crippen LogP contribution in [0.25, 0.3) is 10.2 Å². The van der Waals surface area contributed by atoms with Crippen LogP contribution in [0.3, 0.4) is 0 Å². The molecule has 132 valence electrons. The van der Waals surface area contributed by atoms with Gasteiger partial charge in [-0.05, 0) is 50.0 Å². The summed E-state index contributed by atoms with van der Waals surface area (Å²) in [6.45, 7) is 4.65. The van der Waals surface area contributed by atoms with Gasteiger partial charge in [0.05, 0.1) is 11.3 Å². The summed E-state index contributed by atoms with van der Waals surface area (Å²) in [6.07, 6.45) is 6.09. The van der Waals surface area contributed by atoms with Gasteiger partial charge in [0.2, 0.25) is 5.91 Å². The Hall–Kier alpha value is -1.69. The molecular formula is C19H24N4OS. The lowest BCUT2D eigenvalue weighted by molar-refractivity contribution is -0.141. The van der Waals surface area contributed by atoms with Crippen LogP contribution in [0.5, 0.6) is 0 Å². The van der Waals surface area contributed by atoms with Gasteiger partial charge in [0.25, 0.3) is 0 Å². The smallest absolute Gasteiger partial charge is 0.227 e. The maximum absolute atomic E-state index is 13.0. The fraction of sp³-hybridized carbons (Fsp3) is 0.632. The topological polar surface area (TPSA) is 49.3 Å². The molecule has 1 amide bonds. The Balaban J connectivity index is 1.48. The quantitative estimate of drug-likeness (QED) is 0.847. The van der Waals surface area contributed by atoms with E-state index in [1.165, 1.54) is 19.3 Å². The Bertz CT molecular complexity index is 815. The van der Waals surface area contributed by atoms with Crippen molar-refractivity contribution in [3.05, 3.63) is 17.3 Å². The Labute approximate surface area is 152 Å². The summed E-state index contributed by atoms with van der Waals surface area (Å²) < 4.78 is 0. The van der Waals surface area contributed by atoms with Crippen molar-refractivity contribution in [3.63, 3.8) is 0 Å². The molecule has 6 rings (SSSR count). The number of nitrogens with zero attached hydrogens (tertiary/aromatic N) is 4. The van der Waals surface area contributed by atoms with E-state index in [9.17, 15) is 4.79 Å². The van der Waals surface area contributed by atoms with Crippen molar-refractivity contribution in [1.29, 1.82) is 0 Å². The van der Waals surface area contributed by atoms with E-state index < -0.39 is 0 Å². The molecule has 0 aromatic carbocycles. The predicted molar refractivity (Wildman–Crippen MR) is 99.9 cm³/mol. The number of aryl methyl sites for hydroxylation is 1. The highest BCUT2D eigenvalue weighted by Gasteiger charge is 2.42. The third kappa shape index (κ3) is 2.62. The monoisotopic (exact) mass is 356 g/mol. The highest BCUT2D eigenvalue weighted by atomic mass is 32.1. The Morgan fingerprint density at radius 1 is 1.20 bits per heavy atom. The van der Waals surface area contributed by atoms with Crippen molar-refractivity contribution in [1.82, 2.24) is 14.9 Å². The second kappa shape index (κ2) is 5.94. The molecule has 0 spiro atoms. The zero-order valence-electron chi connectivity index (χ0n) is 14.6. The molecule has 0 unspecified atom stereocenters. The van der Waals surface area contributed by atoms with Crippen LogP contribution in [0.4, 0.5) is 5.82 Å². The molecule has 2 bridgehead atoms. The first-order valence-electron chi connectivity index (χ1n) is 9.46.